The third-order valence-corrected chi connectivity index (χ3v) is 4.32. The van der Waals surface area contributed by atoms with Gasteiger partial charge >= 0.3 is 0 Å². The lowest BCUT2D eigenvalue weighted by Crippen LogP contribution is -2.53. The molecule has 2 aromatic heterocycles. The summed E-state index contributed by atoms with van der Waals surface area (Å²) >= 11 is 0. The molecule has 1 N–H and O–H groups in total. The minimum Gasteiger partial charge on any atom is -0.357 e. The second-order valence-electron chi connectivity index (χ2n) is 6.14. The summed E-state index contributed by atoms with van der Waals surface area (Å²) in [5, 5.41) is 7.56. The summed E-state index contributed by atoms with van der Waals surface area (Å²) in [7, 11) is 0. The van der Waals surface area contributed by atoms with E-state index in [0.717, 1.165) is 50.1 Å². The predicted molar refractivity (Wildman–Crippen MR) is 100 cm³/mol. The second-order valence-corrected chi connectivity index (χ2v) is 6.14. The zero-order chi connectivity index (χ0) is 18.4. The van der Waals surface area contributed by atoms with Crippen LogP contribution in [-0.2, 0) is 11.3 Å². The van der Waals surface area contributed by atoms with Crippen LogP contribution in [0.4, 0.5) is 0 Å². The zero-order valence-corrected chi connectivity index (χ0v) is 15.3. The number of aliphatic imine (C=N–C) groups is 1. The molecule has 2 aromatic rings. The van der Waals surface area contributed by atoms with Crippen LogP contribution in [0, 0.1) is 0 Å². The van der Waals surface area contributed by atoms with Gasteiger partial charge < -0.3 is 15.1 Å². The Kier molecular flexibility index (Phi) is 5.83. The molecule has 8 nitrogen and oxygen atoms in total. The van der Waals surface area contributed by atoms with E-state index in [1.807, 2.05) is 29.3 Å². The largest absolute Gasteiger partial charge is 0.357 e. The Morgan fingerprint density at radius 2 is 2.00 bits per heavy atom. The fourth-order valence-corrected chi connectivity index (χ4v) is 2.91. The molecule has 0 saturated carbocycles. The van der Waals surface area contributed by atoms with Crippen molar-refractivity contribution in [3.63, 3.8) is 0 Å². The van der Waals surface area contributed by atoms with E-state index in [0.29, 0.717) is 6.54 Å². The van der Waals surface area contributed by atoms with Gasteiger partial charge in [0.05, 0.1) is 6.54 Å². The maximum atomic E-state index is 11.5. The van der Waals surface area contributed by atoms with Crippen molar-refractivity contribution in [1.82, 2.24) is 29.9 Å². The quantitative estimate of drug-likeness (QED) is 0.651. The number of carbonyl (C=O) groups is 1. The summed E-state index contributed by atoms with van der Waals surface area (Å²) in [5.74, 6) is 1.80. The van der Waals surface area contributed by atoms with E-state index in [9.17, 15) is 4.79 Å². The molecule has 0 radical (unpaired) electrons. The van der Waals surface area contributed by atoms with Gasteiger partial charge in [-0.2, -0.15) is 5.10 Å². The van der Waals surface area contributed by atoms with Crippen LogP contribution < -0.4 is 5.32 Å². The Balaban J connectivity index is 1.68. The van der Waals surface area contributed by atoms with Crippen LogP contribution in [0.3, 0.4) is 0 Å². The van der Waals surface area contributed by atoms with Gasteiger partial charge in [0.25, 0.3) is 0 Å². The number of nitrogens with zero attached hydrogens (tertiary/aromatic N) is 6. The molecule has 1 aliphatic heterocycles. The first-order chi connectivity index (χ1) is 12.7. The number of aromatic nitrogens is 3. The number of hydrogen-bond donors (Lipinski definition) is 1. The Morgan fingerprint density at radius 3 is 2.65 bits per heavy atom. The van der Waals surface area contributed by atoms with Crippen molar-refractivity contribution in [2.45, 2.75) is 20.4 Å². The van der Waals surface area contributed by atoms with Gasteiger partial charge in [0.2, 0.25) is 5.91 Å². The zero-order valence-electron chi connectivity index (χ0n) is 15.3. The number of hydrogen-bond acceptors (Lipinski definition) is 4. The average molecular weight is 355 g/mol. The van der Waals surface area contributed by atoms with E-state index < -0.39 is 0 Å². The Labute approximate surface area is 153 Å². The highest BCUT2D eigenvalue weighted by atomic mass is 16.2. The maximum absolute atomic E-state index is 11.5. The standard InChI is InChI=1S/C18H25N7O/c1-3-19-18(24-11-9-23(10-12-24)15(2)26)21-14-16-5-7-20-17(13-16)25-8-4-6-22-25/h4-8,13H,3,9-12,14H2,1-2H3,(H,19,21). The lowest BCUT2D eigenvalue weighted by Gasteiger charge is -2.36. The molecular weight excluding hydrogens is 330 g/mol. The first-order valence-electron chi connectivity index (χ1n) is 8.91. The minimum absolute atomic E-state index is 0.134. The Bertz CT molecular complexity index is 749. The molecule has 8 heteroatoms. The van der Waals surface area contributed by atoms with Crippen LogP contribution in [-0.4, -0.2) is 69.2 Å². The average Bonchev–Trinajstić information content (AvgIpc) is 3.20. The first kappa shape index (κ1) is 17.9. The highest BCUT2D eigenvalue weighted by Crippen LogP contribution is 2.09. The fourth-order valence-electron chi connectivity index (χ4n) is 2.91. The van der Waals surface area contributed by atoms with Crippen molar-refractivity contribution in [1.29, 1.82) is 0 Å². The third-order valence-electron chi connectivity index (χ3n) is 4.32. The van der Waals surface area contributed by atoms with E-state index in [1.165, 1.54) is 0 Å². The topological polar surface area (TPSA) is 78.7 Å². The Hall–Kier alpha value is -2.90. The van der Waals surface area contributed by atoms with Crippen LogP contribution in [0.25, 0.3) is 5.82 Å². The van der Waals surface area contributed by atoms with E-state index in [4.69, 9.17) is 4.99 Å². The van der Waals surface area contributed by atoms with Crippen LogP contribution in [0.5, 0.6) is 0 Å². The molecule has 0 aromatic carbocycles. The molecule has 3 heterocycles. The number of nitrogens with one attached hydrogen (secondary N) is 1. The molecule has 0 unspecified atom stereocenters. The highest BCUT2D eigenvalue weighted by Gasteiger charge is 2.20. The number of guanidine groups is 1. The summed E-state index contributed by atoms with van der Waals surface area (Å²) in [6, 6.07) is 5.83. The smallest absolute Gasteiger partial charge is 0.219 e. The summed E-state index contributed by atoms with van der Waals surface area (Å²) in [4.78, 5) is 24.7. The molecule has 0 atom stereocenters. The van der Waals surface area contributed by atoms with Crippen LogP contribution in [0.1, 0.15) is 19.4 Å². The lowest BCUT2D eigenvalue weighted by molar-refractivity contribution is -0.130. The van der Waals surface area contributed by atoms with E-state index in [1.54, 1.807) is 24.0 Å². The van der Waals surface area contributed by atoms with Crippen molar-refractivity contribution in [2.75, 3.05) is 32.7 Å². The van der Waals surface area contributed by atoms with Gasteiger partial charge in [-0.3, -0.25) is 4.79 Å². The van der Waals surface area contributed by atoms with Gasteiger partial charge in [0.1, 0.15) is 0 Å². The molecule has 1 fully saturated rings. The molecule has 0 spiro atoms. The van der Waals surface area contributed by atoms with Gasteiger partial charge in [0.15, 0.2) is 11.8 Å². The predicted octanol–water partition coefficient (Wildman–Crippen LogP) is 0.897. The summed E-state index contributed by atoms with van der Waals surface area (Å²) in [5.41, 5.74) is 1.07. The molecular formula is C18H25N7O. The van der Waals surface area contributed by atoms with Gasteiger partial charge in [-0.15, -0.1) is 0 Å². The van der Waals surface area contributed by atoms with Crippen LogP contribution in [0.15, 0.2) is 41.8 Å². The number of amides is 1. The molecule has 0 aliphatic carbocycles. The highest BCUT2D eigenvalue weighted by molar-refractivity contribution is 5.80. The van der Waals surface area contributed by atoms with E-state index in [2.05, 4.69) is 27.2 Å². The lowest BCUT2D eigenvalue weighted by atomic mass is 10.2. The van der Waals surface area contributed by atoms with Crippen molar-refractivity contribution < 1.29 is 4.79 Å². The van der Waals surface area contributed by atoms with Gasteiger partial charge in [0, 0.05) is 58.2 Å². The third kappa shape index (κ3) is 4.38. The fraction of sp³-hybridized carbons (Fsp3) is 0.444. The SMILES string of the molecule is CCNC(=NCc1ccnc(-n2cccn2)c1)N1CCN(C(C)=O)CC1. The molecule has 3 rings (SSSR count). The van der Waals surface area contributed by atoms with Gasteiger partial charge in [-0.1, -0.05) is 0 Å². The number of piperazine rings is 1. The van der Waals surface area contributed by atoms with E-state index >= 15 is 0 Å². The van der Waals surface area contributed by atoms with Crippen LogP contribution in [0.2, 0.25) is 0 Å². The summed E-state index contributed by atoms with van der Waals surface area (Å²) in [6.07, 6.45) is 5.38. The Morgan fingerprint density at radius 1 is 1.23 bits per heavy atom. The van der Waals surface area contributed by atoms with Crippen molar-refractivity contribution >= 4 is 11.9 Å². The van der Waals surface area contributed by atoms with E-state index in [-0.39, 0.29) is 5.91 Å². The second kappa shape index (κ2) is 8.46. The number of rotatable bonds is 4. The van der Waals surface area contributed by atoms with Crippen molar-refractivity contribution in [3.05, 3.63) is 42.4 Å². The maximum Gasteiger partial charge on any atom is 0.219 e. The molecule has 0 bridgehead atoms. The monoisotopic (exact) mass is 355 g/mol. The molecule has 138 valence electrons. The molecule has 1 aliphatic rings. The van der Waals surface area contributed by atoms with Crippen LogP contribution >= 0.6 is 0 Å². The number of carbonyl (C=O) groups excluding carboxylic acids is 1. The normalized spacial score (nSPS) is 15.2. The van der Waals surface area contributed by atoms with Crippen molar-refractivity contribution in [3.8, 4) is 5.82 Å². The number of pyridine rings is 1. The van der Waals surface area contributed by atoms with Gasteiger partial charge in [-0.25, -0.2) is 14.7 Å². The van der Waals surface area contributed by atoms with Crippen molar-refractivity contribution in [2.24, 2.45) is 4.99 Å². The molecule has 1 amide bonds. The minimum atomic E-state index is 0.134. The molecule has 26 heavy (non-hydrogen) atoms. The summed E-state index contributed by atoms with van der Waals surface area (Å²) in [6.45, 7) is 8.10. The summed E-state index contributed by atoms with van der Waals surface area (Å²) < 4.78 is 1.74. The molecule has 1 saturated heterocycles. The van der Waals surface area contributed by atoms with Gasteiger partial charge in [-0.05, 0) is 30.7 Å². The first-order valence-corrected chi connectivity index (χ1v) is 8.91.